The predicted octanol–water partition coefficient (Wildman–Crippen LogP) is 6.89. The van der Waals surface area contributed by atoms with Gasteiger partial charge in [-0.1, -0.05) is 26.8 Å². The quantitative estimate of drug-likeness (QED) is 0.230. The molecule has 10 heteroatoms. The van der Waals surface area contributed by atoms with Gasteiger partial charge in [0.05, 0.1) is 36.3 Å². The highest BCUT2D eigenvalue weighted by Gasteiger charge is 2.37. The molecule has 0 amide bonds. The largest absolute Gasteiger partial charge is 0.442 e. The van der Waals surface area contributed by atoms with E-state index < -0.39 is 25.9 Å². The molecule has 0 aliphatic carbocycles. The Morgan fingerprint density at radius 2 is 1.90 bits per heavy atom. The molecule has 1 aliphatic heterocycles. The number of dihydropyridines is 1. The van der Waals surface area contributed by atoms with Crippen LogP contribution < -0.4 is 10.6 Å². The first-order valence-corrected chi connectivity index (χ1v) is 16.0. The lowest BCUT2D eigenvalue weighted by molar-refractivity contribution is 0.0523. The minimum Gasteiger partial charge on any atom is -0.442 e. The number of aromatic nitrogens is 2. The summed E-state index contributed by atoms with van der Waals surface area (Å²) in [6, 6.07) is 7.82. The first-order valence-electron chi connectivity index (χ1n) is 13.1. The average Bonchev–Trinajstić information content (AvgIpc) is 3.17. The molecular weight excluding hydrogens is 508 g/mol. The lowest BCUT2D eigenvalue weighted by Crippen LogP contribution is -2.41. The molecule has 2 heterocycles. The summed E-state index contributed by atoms with van der Waals surface area (Å²) in [6.45, 7) is 28.9. The molecule has 0 radical (unpaired) electrons. The maximum absolute atomic E-state index is 13.1. The molecule has 0 saturated carbocycles. The van der Waals surface area contributed by atoms with Crippen LogP contribution in [0, 0.1) is 17.9 Å². The molecule has 1 unspecified atom stereocenters. The molecule has 208 valence electrons. The number of rotatable bonds is 6. The van der Waals surface area contributed by atoms with Crippen molar-refractivity contribution in [2.75, 3.05) is 18.5 Å². The molecule has 2 N–H and O–H groups in total. The maximum atomic E-state index is 13.1. The second kappa shape index (κ2) is 10.9. The topological polar surface area (TPSA) is 106 Å². The summed E-state index contributed by atoms with van der Waals surface area (Å²) in [7, 11) is -1.92. The standard InChI is InChI=1S/C29H40N6O3Si/c1-18-22(17-30)24(25(31-9)19(2)33-18)20-12-13-23-21(16-20)26(34-35(23)27(36)38-28(3,4)5)32-14-15-37-39(10,11)29(6,7)8/h12-13,16,24,33H,14-15H2,1-8,10-11H3,(H,32,34). The van der Waals surface area contributed by atoms with Crippen molar-refractivity contribution in [3.63, 3.8) is 0 Å². The molecule has 3 rings (SSSR count). The van der Waals surface area contributed by atoms with Gasteiger partial charge in [-0.15, -0.1) is 5.10 Å². The Morgan fingerprint density at radius 3 is 2.46 bits per heavy atom. The summed E-state index contributed by atoms with van der Waals surface area (Å²) in [5.41, 5.74) is 3.05. The SMILES string of the molecule is [C-]#[N+]C1=C(C)NC(C)=C(C#N)C1c1ccc2c(c1)c(NCCO[Si](C)(C)C(C)(C)C)nn2C(=O)OC(C)(C)C. The van der Waals surface area contributed by atoms with Crippen LogP contribution in [-0.2, 0) is 9.16 Å². The van der Waals surface area contributed by atoms with E-state index in [9.17, 15) is 10.1 Å². The van der Waals surface area contributed by atoms with E-state index in [1.54, 1.807) is 6.07 Å². The van der Waals surface area contributed by atoms with Gasteiger partial charge in [-0.3, -0.25) is 0 Å². The Labute approximate surface area is 232 Å². The first-order chi connectivity index (χ1) is 18.0. The lowest BCUT2D eigenvalue weighted by Gasteiger charge is -2.36. The minimum atomic E-state index is -1.92. The van der Waals surface area contributed by atoms with E-state index in [0.717, 1.165) is 17.0 Å². The van der Waals surface area contributed by atoms with Gasteiger partial charge in [0, 0.05) is 23.3 Å². The van der Waals surface area contributed by atoms with E-state index >= 15 is 0 Å². The number of nitriles is 1. The number of hydrogen-bond donors (Lipinski definition) is 2. The molecule has 0 spiro atoms. The summed E-state index contributed by atoms with van der Waals surface area (Å²) < 4.78 is 13.2. The molecule has 2 aromatic rings. The number of anilines is 1. The number of fused-ring (bicyclic) bond motifs is 1. The van der Waals surface area contributed by atoms with E-state index in [4.69, 9.17) is 15.7 Å². The van der Waals surface area contributed by atoms with Gasteiger partial charge in [-0.2, -0.15) is 9.94 Å². The van der Waals surface area contributed by atoms with Gasteiger partial charge in [0.2, 0.25) is 0 Å². The number of nitrogens with zero attached hydrogens (tertiary/aromatic N) is 4. The Balaban J connectivity index is 2.06. The highest BCUT2D eigenvalue weighted by Crippen LogP contribution is 2.40. The molecule has 0 bridgehead atoms. The third-order valence-corrected chi connectivity index (χ3v) is 11.8. The molecular formula is C29H40N6O3Si. The molecule has 0 fully saturated rings. The number of hydrogen-bond acceptors (Lipinski definition) is 7. The van der Waals surface area contributed by atoms with Crippen molar-refractivity contribution in [2.24, 2.45) is 0 Å². The number of allylic oxidation sites excluding steroid dienone is 3. The minimum absolute atomic E-state index is 0.0953. The second-order valence-corrected chi connectivity index (χ2v) is 17.2. The fourth-order valence-corrected chi connectivity index (χ4v) is 5.23. The van der Waals surface area contributed by atoms with E-state index in [2.05, 4.69) is 60.5 Å². The van der Waals surface area contributed by atoms with Gasteiger partial charge < -0.3 is 19.8 Å². The summed E-state index contributed by atoms with van der Waals surface area (Å²) >= 11 is 0. The molecule has 0 saturated heterocycles. The van der Waals surface area contributed by atoms with Crippen LogP contribution in [0.1, 0.15) is 66.9 Å². The van der Waals surface area contributed by atoms with Crippen LogP contribution in [0.3, 0.4) is 0 Å². The van der Waals surface area contributed by atoms with Crippen molar-refractivity contribution in [3.05, 3.63) is 57.8 Å². The van der Waals surface area contributed by atoms with Crippen LogP contribution in [-0.4, -0.2) is 42.9 Å². The highest BCUT2D eigenvalue weighted by molar-refractivity contribution is 6.74. The maximum Gasteiger partial charge on any atom is 0.435 e. The van der Waals surface area contributed by atoms with Crippen molar-refractivity contribution >= 4 is 31.1 Å². The van der Waals surface area contributed by atoms with Crippen LogP contribution >= 0.6 is 0 Å². The van der Waals surface area contributed by atoms with Crippen molar-refractivity contribution in [1.29, 1.82) is 5.26 Å². The van der Waals surface area contributed by atoms with Crippen LogP contribution in [0.25, 0.3) is 15.7 Å². The second-order valence-electron chi connectivity index (χ2n) is 12.4. The van der Waals surface area contributed by atoms with E-state index in [1.807, 2.05) is 46.8 Å². The van der Waals surface area contributed by atoms with Crippen molar-refractivity contribution in [1.82, 2.24) is 15.1 Å². The molecule has 1 aromatic heterocycles. The van der Waals surface area contributed by atoms with Crippen LogP contribution in [0.2, 0.25) is 18.1 Å². The Hall–Kier alpha value is -3.60. The lowest BCUT2D eigenvalue weighted by atomic mass is 9.84. The monoisotopic (exact) mass is 548 g/mol. The summed E-state index contributed by atoms with van der Waals surface area (Å²) in [4.78, 5) is 16.8. The van der Waals surface area contributed by atoms with Crippen molar-refractivity contribution in [2.45, 2.75) is 85.0 Å². The zero-order valence-corrected chi connectivity index (χ0v) is 25.7. The first kappa shape index (κ1) is 29.9. The van der Waals surface area contributed by atoms with Crippen molar-refractivity contribution < 1.29 is 14.0 Å². The predicted molar refractivity (Wildman–Crippen MR) is 156 cm³/mol. The molecule has 1 aliphatic rings. The van der Waals surface area contributed by atoms with E-state index in [1.165, 1.54) is 4.68 Å². The Bertz CT molecular complexity index is 1390. The summed E-state index contributed by atoms with van der Waals surface area (Å²) in [5.74, 6) is -0.00690. The summed E-state index contributed by atoms with van der Waals surface area (Å²) in [5, 5.41) is 21.8. The van der Waals surface area contributed by atoms with Crippen LogP contribution in [0.5, 0.6) is 0 Å². The number of carbonyl (C=O) groups excluding carboxylic acids is 1. The van der Waals surface area contributed by atoms with Crippen LogP contribution in [0.4, 0.5) is 10.6 Å². The van der Waals surface area contributed by atoms with Gasteiger partial charge in [-0.25, -0.2) is 9.64 Å². The van der Waals surface area contributed by atoms with Gasteiger partial charge in [0.15, 0.2) is 19.8 Å². The summed E-state index contributed by atoms with van der Waals surface area (Å²) in [6.07, 6.45) is -0.585. The number of benzene rings is 1. The molecule has 9 nitrogen and oxygen atoms in total. The Kier molecular flexibility index (Phi) is 8.35. The van der Waals surface area contributed by atoms with Gasteiger partial charge in [0.25, 0.3) is 0 Å². The average molecular weight is 549 g/mol. The zero-order valence-electron chi connectivity index (χ0n) is 24.7. The third-order valence-electron chi connectivity index (χ3n) is 7.23. The van der Waals surface area contributed by atoms with Crippen molar-refractivity contribution in [3.8, 4) is 6.07 Å². The van der Waals surface area contributed by atoms with Gasteiger partial charge in [-0.05, 0) is 70.4 Å². The van der Waals surface area contributed by atoms with E-state index in [0.29, 0.717) is 41.1 Å². The van der Waals surface area contributed by atoms with Crippen LogP contribution in [0.15, 0.2) is 40.9 Å². The van der Waals surface area contributed by atoms with Gasteiger partial charge >= 0.3 is 6.09 Å². The fourth-order valence-electron chi connectivity index (χ4n) is 4.19. The smallest absolute Gasteiger partial charge is 0.435 e. The number of carbonyl (C=O) groups is 1. The number of nitrogens with one attached hydrogen (secondary N) is 2. The fraction of sp³-hybridized carbons (Fsp3) is 0.517. The third kappa shape index (κ3) is 6.35. The highest BCUT2D eigenvalue weighted by atomic mass is 28.4. The normalized spacial score (nSPS) is 16.6. The van der Waals surface area contributed by atoms with Gasteiger partial charge in [0.1, 0.15) is 5.60 Å². The molecule has 1 atom stereocenters. The number of ether oxygens (including phenoxy) is 1. The molecule has 39 heavy (non-hydrogen) atoms. The zero-order chi connectivity index (χ0) is 29.3. The Morgan fingerprint density at radius 1 is 1.23 bits per heavy atom. The molecule has 1 aromatic carbocycles. The van der Waals surface area contributed by atoms with E-state index in [-0.39, 0.29) is 5.04 Å².